The molecule has 2 heterocycles. The Kier molecular flexibility index (Phi) is 7.61. The van der Waals surface area contributed by atoms with E-state index in [1.807, 2.05) is 6.07 Å². The average molecular weight is 633 g/mol. The van der Waals surface area contributed by atoms with Gasteiger partial charge in [-0.2, -0.15) is 26.3 Å². The summed E-state index contributed by atoms with van der Waals surface area (Å²) < 4.78 is 88.7. The molecular weight excluding hydrogens is 613 g/mol. The monoisotopic (exact) mass is 632 g/mol. The molecule has 5 rings (SSSR count). The van der Waals surface area contributed by atoms with E-state index in [2.05, 4.69) is 5.16 Å². The molecule has 14 heteroatoms. The van der Waals surface area contributed by atoms with Crippen molar-refractivity contribution >= 4 is 35.0 Å². The van der Waals surface area contributed by atoms with Crippen molar-refractivity contribution in [3.8, 4) is 0 Å². The standard InChI is InChI=1S/C28H20Cl2F6N2O4/c29-21-11-19(10-20(23(21)30)27(31,32)33)26(28(34,35)36)12-22(37-42-26)17-6-8-18(9-7-17)25(40)14-38(15-25)24(39)41-13-16-4-2-1-3-5-16/h1-11,40H,12-15H2/t26-/m0/s1. The first-order chi connectivity index (χ1) is 19.6. The van der Waals surface area contributed by atoms with Gasteiger partial charge in [0.1, 0.15) is 12.2 Å². The van der Waals surface area contributed by atoms with Crippen LogP contribution in [-0.4, -0.2) is 41.1 Å². The summed E-state index contributed by atoms with van der Waals surface area (Å²) in [6.07, 6.45) is -11.8. The molecule has 1 N–H and O–H groups in total. The topological polar surface area (TPSA) is 71.4 Å². The molecule has 42 heavy (non-hydrogen) atoms. The van der Waals surface area contributed by atoms with Crippen LogP contribution < -0.4 is 0 Å². The van der Waals surface area contributed by atoms with Crippen LogP contribution in [0.5, 0.6) is 0 Å². The number of rotatable bonds is 5. The number of hydrogen-bond acceptors (Lipinski definition) is 5. The summed E-state index contributed by atoms with van der Waals surface area (Å²) in [5.41, 5.74) is -5.93. The van der Waals surface area contributed by atoms with Gasteiger partial charge in [0.25, 0.3) is 5.60 Å². The molecule has 0 radical (unpaired) electrons. The number of alkyl halides is 6. The highest BCUT2D eigenvalue weighted by Gasteiger charge is 2.63. The van der Waals surface area contributed by atoms with Crippen LogP contribution in [0.15, 0.2) is 71.9 Å². The van der Waals surface area contributed by atoms with E-state index in [0.717, 1.165) is 5.56 Å². The van der Waals surface area contributed by atoms with E-state index in [9.17, 15) is 36.2 Å². The Morgan fingerprint density at radius 2 is 1.62 bits per heavy atom. The Balaban J connectivity index is 1.29. The maximum atomic E-state index is 14.3. The number of ether oxygens (including phenoxy) is 1. The van der Waals surface area contributed by atoms with Crippen molar-refractivity contribution in [1.29, 1.82) is 0 Å². The second-order valence-electron chi connectivity index (χ2n) is 9.95. The van der Waals surface area contributed by atoms with Gasteiger partial charge in [-0.05, 0) is 28.8 Å². The molecule has 0 saturated carbocycles. The molecule has 0 bridgehead atoms. The molecule has 0 spiro atoms. The molecule has 0 aliphatic carbocycles. The fourth-order valence-electron chi connectivity index (χ4n) is 4.77. The lowest BCUT2D eigenvalue weighted by molar-refractivity contribution is -0.276. The zero-order chi connectivity index (χ0) is 30.5. The van der Waals surface area contributed by atoms with E-state index < -0.39 is 57.2 Å². The lowest BCUT2D eigenvalue weighted by Crippen LogP contribution is -2.61. The highest BCUT2D eigenvalue weighted by atomic mass is 35.5. The van der Waals surface area contributed by atoms with Gasteiger partial charge in [-0.25, -0.2) is 4.79 Å². The number of amides is 1. The van der Waals surface area contributed by atoms with E-state index in [4.69, 9.17) is 32.8 Å². The fraction of sp³-hybridized carbons (Fsp3) is 0.286. The molecule has 3 aromatic carbocycles. The molecule has 3 aromatic rings. The van der Waals surface area contributed by atoms with E-state index in [1.54, 1.807) is 24.3 Å². The number of aliphatic hydroxyl groups is 1. The van der Waals surface area contributed by atoms with Gasteiger partial charge in [0.2, 0.25) is 0 Å². The first-order valence-corrected chi connectivity index (χ1v) is 13.1. The molecule has 0 aromatic heterocycles. The first-order valence-electron chi connectivity index (χ1n) is 12.3. The largest absolute Gasteiger partial charge is 0.445 e. The van der Waals surface area contributed by atoms with Crippen LogP contribution in [-0.2, 0) is 33.6 Å². The fourth-order valence-corrected chi connectivity index (χ4v) is 5.20. The van der Waals surface area contributed by atoms with E-state index >= 15 is 0 Å². The second-order valence-corrected chi connectivity index (χ2v) is 10.7. The number of benzene rings is 3. The predicted octanol–water partition coefficient (Wildman–Crippen LogP) is 7.43. The van der Waals surface area contributed by atoms with E-state index in [-0.39, 0.29) is 37.0 Å². The van der Waals surface area contributed by atoms with Gasteiger partial charge in [0, 0.05) is 12.0 Å². The average Bonchev–Trinajstić information content (AvgIpc) is 3.39. The smallest absolute Gasteiger partial charge is 0.435 e. The minimum Gasteiger partial charge on any atom is -0.445 e. The van der Waals surface area contributed by atoms with Gasteiger partial charge in [0.05, 0.1) is 34.4 Å². The summed E-state index contributed by atoms with van der Waals surface area (Å²) in [6.45, 7) is -0.0766. The zero-order valence-electron chi connectivity index (χ0n) is 21.3. The number of carbonyl (C=O) groups is 1. The highest BCUT2D eigenvalue weighted by molar-refractivity contribution is 6.42. The highest BCUT2D eigenvalue weighted by Crippen LogP contribution is 2.51. The molecule has 1 saturated heterocycles. The number of oxime groups is 1. The van der Waals surface area contributed by atoms with Gasteiger partial charge in [-0.15, -0.1) is 0 Å². The molecule has 6 nitrogen and oxygen atoms in total. The number of hydrogen-bond donors (Lipinski definition) is 1. The van der Waals surface area contributed by atoms with Gasteiger partial charge in [-0.1, -0.05) is 83.0 Å². The Hall–Kier alpha value is -3.48. The van der Waals surface area contributed by atoms with Gasteiger partial charge < -0.3 is 19.6 Å². The minimum absolute atomic E-state index is 0.0621. The summed E-state index contributed by atoms with van der Waals surface area (Å²) >= 11 is 11.4. The summed E-state index contributed by atoms with van der Waals surface area (Å²) in [5, 5.41) is 12.9. The van der Waals surface area contributed by atoms with Crippen molar-refractivity contribution in [3.63, 3.8) is 0 Å². The Morgan fingerprint density at radius 3 is 2.21 bits per heavy atom. The van der Waals surface area contributed by atoms with Crippen LogP contribution in [0.1, 0.15) is 34.2 Å². The first kappa shape index (κ1) is 30.0. The van der Waals surface area contributed by atoms with Crippen LogP contribution in [0.4, 0.5) is 31.1 Å². The van der Waals surface area contributed by atoms with Crippen LogP contribution in [0.2, 0.25) is 10.0 Å². The number of nitrogens with zero attached hydrogens (tertiary/aromatic N) is 2. The molecular formula is C28H20Cl2F6N2O4. The molecule has 2 aliphatic rings. The summed E-state index contributed by atoms with van der Waals surface area (Å²) in [4.78, 5) is 18.4. The Morgan fingerprint density at radius 1 is 0.976 bits per heavy atom. The van der Waals surface area contributed by atoms with Crippen LogP contribution in [0, 0.1) is 0 Å². The van der Waals surface area contributed by atoms with Crippen LogP contribution >= 0.6 is 23.2 Å². The SMILES string of the molecule is O=C(OCc1ccccc1)N1CC(O)(c2ccc(C3=NO[C@@](c4cc(Cl)c(Cl)c(C(F)(F)F)c4)(C(F)(F)F)C3)cc2)C1. The molecule has 2 aliphatic heterocycles. The van der Waals surface area contributed by atoms with Crippen molar-refractivity contribution in [3.05, 3.63) is 105 Å². The predicted molar refractivity (Wildman–Crippen MR) is 140 cm³/mol. The van der Waals surface area contributed by atoms with Crippen molar-refractivity contribution in [2.45, 2.75) is 36.6 Å². The Labute approximate surface area is 245 Å². The number of β-amino-alcohol motifs (C(OH)–C–C–N with tert-alkyl or cyclic N) is 1. The molecule has 1 fully saturated rings. The van der Waals surface area contributed by atoms with Crippen LogP contribution in [0.25, 0.3) is 0 Å². The second kappa shape index (κ2) is 10.7. The maximum Gasteiger partial charge on any atom is 0.435 e. The van der Waals surface area contributed by atoms with Crippen molar-refractivity contribution in [2.24, 2.45) is 5.16 Å². The quantitative estimate of drug-likeness (QED) is 0.297. The van der Waals surface area contributed by atoms with Crippen LogP contribution in [0.3, 0.4) is 0 Å². The third-order valence-electron chi connectivity index (χ3n) is 7.11. The lowest BCUT2D eigenvalue weighted by atomic mass is 9.84. The van der Waals surface area contributed by atoms with Gasteiger partial charge >= 0.3 is 18.4 Å². The molecule has 1 atom stereocenters. The van der Waals surface area contributed by atoms with Crippen molar-refractivity contribution in [2.75, 3.05) is 13.1 Å². The van der Waals surface area contributed by atoms with Gasteiger partial charge in [-0.3, -0.25) is 0 Å². The normalized spacial score (nSPS) is 20.0. The molecule has 0 unspecified atom stereocenters. The number of carbonyl (C=O) groups excluding carboxylic acids is 1. The summed E-state index contributed by atoms with van der Waals surface area (Å²) in [5.74, 6) is 0. The van der Waals surface area contributed by atoms with Gasteiger partial charge in [0.15, 0.2) is 0 Å². The Bertz CT molecular complexity index is 1520. The molecule has 222 valence electrons. The number of halogens is 8. The van der Waals surface area contributed by atoms with Crippen molar-refractivity contribution < 1.29 is 45.8 Å². The van der Waals surface area contributed by atoms with E-state index in [0.29, 0.717) is 11.6 Å². The summed E-state index contributed by atoms with van der Waals surface area (Å²) in [7, 11) is 0. The lowest BCUT2D eigenvalue weighted by Gasteiger charge is -2.45. The third-order valence-corrected chi connectivity index (χ3v) is 7.91. The zero-order valence-corrected chi connectivity index (χ0v) is 22.8. The minimum atomic E-state index is -5.18. The van der Waals surface area contributed by atoms with Crippen molar-refractivity contribution in [1.82, 2.24) is 4.90 Å². The van der Waals surface area contributed by atoms with E-state index in [1.165, 1.54) is 29.2 Å². The molecule has 1 amide bonds. The maximum absolute atomic E-state index is 14.3. The third kappa shape index (κ3) is 5.50. The summed E-state index contributed by atoms with van der Waals surface area (Å²) in [6, 6.07) is 15.7. The number of likely N-dealkylation sites (tertiary alicyclic amines) is 1.